The highest BCUT2D eigenvalue weighted by molar-refractivity contribution is 5.93. The van der Waals surface area contributed by atoms with Crippen LogP contribution in [0.3, 0.4) is 0 Å². The molecule has 0 spiro atoms. The Kier molecular flexibility index (Phi) is 7.14. The molecule has 166 valence electrons. The minimum Gasteiger partial charge on any atom is -0.356 e. The summed E-state index contributed by atoms with van der Waals surface area (Å²) in [5.41, 5.74) is 0.217. The van der Waals surface area contributed by atoms with Crippen LogP contribution >= 0.6 is 0 Å². The molecule has 6 nitrogen and oxygen atoms in total. The third-order valence-electron chi connectivity index (χ3n) is 5.56. The minimum atomic E-state index is -4.35. The molecular weight excluding hydrogens is 407 g/mol. The van der Waals surface area contributed by atoms with Crippen molar-refractivity contribution in [3.8, 4) is 0 Å². The SMILES string of the molecule is CN=C(NCCNC(=O)c1cccnc1)NCC1(c2cccc(C(F)(F)F)c2)CCC1. The third kappa shape index (κ3) is 5.74. The van der Waals surface area contributed by atoms with Gasteiger partial charge in [0, 0.05) is 44.5 Å². The normalized spacial score (nSPS) is 15.7. The molecule has 1 fully saturated rings. The molecule has 0 unspecified atom stereocenters. The smallest absolute Gasteiger partial charge is 0.356 e. The first-order valence-electron chi connectivity index (χ1n) is 10.1. The van der Waals surface area contributed by atoms with Crippen molar-refractivity contribution in [2.24, 2.45) is 4.99 Å². The van der Waals surface area contributed by atoms with E-state index in [1.807, 2.05) is 0 Å². The summed E-state index contributed by atoms with van der Waals surface area (Å²) in [4.78, 5) is 20.1. The molecule has 3 rings (SSSR count). The summed E-state index contributed by atoms with van der Waals surface area (Å²) in [6.45, 7) is 1.31. The van der Waals surface area contributed by atoms with E-state index in [-0.39, 0.29) is 11.3 Å². The zero-order valence-electron chi connectivity index (χ0n) is 17.3. The topological polar surface area (TPSA) is 78.4 Å². The van der Waals surface area contributed by atoms with Crippen LogP contribution in [0.1, 0.15) is 40.7 Å². The van der Waals surface area contributed by atoms with Crippen molar-refractivity contribution in [3.05, 3.63) is 65.5 Å². The Morgan fingerprint density at radius 2 is 1.90 bits per heavy atom. The Balaban J connectivity index is 1.51. The number of nitrogens with zero attached hydrogens (tertiary/aromatic N) is 2. The van der Waals surface area contributed by atoms with Gasteiger partial charge in [0.1, 0.15) is 0 Å². The number of carbonyl (C=O) groups excluding carboxylic acids is 1. The lowest BCUT2D eigenvalue weighted by molar-refractivity contribution is -0.137. The molecule has 1 aliphatic carbocycles. The monoisotopic (exact) mass is 433 g/mol. The molecule has 1 aromatic heterocycles. The van der Waals surface area contributed by atoms with Crippen LogP contribution < -0.4 is 16.0 Å². The predicted molar refractivity (Wildman–Crippen MR) is 113 cm³/mol. The fourth-order valence-corrected chi connectivity index (χ4v) is 3.63. The van der Waals surface area contributed by atoms with Crippen LogP contribution in [0.2, 0.25) is 0 Å². The highest BCUT2D eigenvalue weighted by Crippen LogP contribution is 2.44. The Bertz CT molecular complexity index is 911. The number of hydrogen-bond acceptors (Lipinski definition) is 3. The second-order valence-corrected chi connectivity index (χ2v) is 7.56. The zero-order chi connectivity index (χ0) is 22.3. The van der Waals surface area contributed by atoms with Crippen molar-refractivity contribution in [1.29, 1.82) is 0 Å². The molecule has 31 heavy (non-hydrogen) atoms. The van der Waals surface area contributed by atoms with Gasteiger partial charge in [-0.25, -0.2) is 0 Å². The number of halogens is 3. The van der Waals surface area contributed by atoms with Crippen LogP contribution in [-0.4, -0.2) is 43.5 Å². The number of hydrogen-bond donors (Lipinski definition) is 3. The fraction of sp³-hybridized carbons (Fsp3) is 0.409. The van der Waals surface area contributed by atoms with Gasteiger partial charge in [0.25, 0.3) is 5.91 Å². The van der Waals surface area contributed by atoms with Crippen LogP contribution in [0.4, 0.5) is 13.2 Å². The first-order valence-corrected chi connectivity index (χ1v) is 10.1. The van der Waals surface area contributed by atoms with E-state index in [1.54, 1.807) is 31.4 Å². The Labute approximate surface area is 179 Å². The second kappa shape index (κ2) is 9.80. The van der Waals surface area contributed by atoms with Gasteiger partial charge in [-0.05, 0) is 36.6 Å². The van der Waals surface area contributed by atoms with Crippen molar-refractivity contribution >= 4 is 11.9 Å². The van der Waals surface area contributed by atoms with E-state index in [0.717, 1.165) is 25.3 Å². The summed E-state index contributed by atoms with van der Waals surface area (Å²) < 4.78 is 39.3. The summed E-state index contributed by atoms with van der Waals surface area (Å²) in [6, 6.07) is 8.97. The molecular formula is C22H26F3N5O. The first kappa shape index (κ1) is 22.6. The van der Waals surface area contributed by atoms with Crippen LogP contribution in [-0.2, 0) is 11.6 Å². The van der Waals surface area contributed by atoms with Gasteiger partial charge in [0.2, 0.25) is 0 Å². The number of carbonyl (C=O) groups is 1. The second-order valence-electron chi connectivity index (χ2n) is 7.56. The maximum atomic E-state index is 13.1. The number of aliphatic imine (C=N–C) groups is 1. The summed E-state index contributed by atoms with van der Waals surface area (Å²) in [5, 5.41) is 9.12. The van der Waals surface area contributed by atoms with E-state index in [4.69, 9.17) is 0 Å². The van der Waals surface area contributed by atoms with Crippen molar-refractivity contribution in [2.45, 2.75) is 30.9 Å². The molecule has 0 atom stereocenters. The minimum absolute atomic E-state index is 0.212. The maximum Gasteiger partial charge on any atom is 0.416 e. The van der Waals surface area contributed by atoms with Gasteiger partial charge < -0.3 is 16.0 Å². The van der Waals surface area contributed by atoms with Crippen LogP contribution in [0.25, 0.3) is 0 Å². The van der Waals surface area contributed by atoms with Gasteiger partial charge >= 0.3 is 6.18 Å². The summed E-state index contributed by atoms with van der Waals surface area (Å²) >= 11 is 0. The number of benzene rings is 1. The number of alkyl halides is 3. The summed E-state index contributed by atoms with van der Waals surface area (Å²) in [5.74, 6) is 0.324. The Morgan fingerprint density at radius 1 is 1.13 bits per heavy atom. The quantitative estimate of drug-likeness (QED) is 0.356. The average Bonchev–Trinajstić information content (AvgIpc) is 2.74. The van der Waals surface area contributed by atoms with Gasteiger partial charge in [-0.3, -0.25) is 14.8 Å². The van der Waals surface area contributed by atoms with E-state index in [9.17, 15) is 18.0 Å². The molecule has 1 aliphatic rings. The van der Waals surface area contributed by atoms with Crippen LogP contribution in [0.5, 0.6) is 0 Å². The van der Waals surface area contributed by atoms with Gasteiger partial charge in [-0.1, -0.05) is 24.6 Å². The number of guanidine groups is 1. The van der Waals surface area contributed by atoms with E-state index in [2.05, 4.69) is 25.9 Å². The predicted octanol–water partition coefficient (Wildman–Crippen LogP) is 3.12. The lowest BCUT2D eigenvalue weighted by Crippen LogP contribution is -2.49. The number of rotatable bonds is 7. The van der Waals surface area contributed by atoms with Crippen molar-refractivity contribution in [1.82, 2.24) is 20.9 Å². The zero-order valence-corrected chi connectivity index (χ0v) is 17.3. The summed E-state index contributed by atoms with van der Waals surface area (Å²) in [6.07, 6.45) is 1.35. The average molecular weight is 433 g/mol. The lowest BCUT2D eigenvalue weighted by Gasteiger charge is -2.43. The number of nitrogens with one attached hydrogen (secondary N) is 3. The molecule has 1 amide bonds. The molecule has 1 aromatic carbocycles. The molecule has 0 radical (unpaired) electrons. The highest BCUT2D eigenvalue weighted by atomic mass is 19.4. The number of pyridine rings is 1. The molecule has 1 heterocycles. The maximum absolute atomic E-state index is 13.1. The van der Waals surface area contributed by atoms with E-state index < -0.39 is 11.7 Å². The fourth-order valence-electron chi connectivity index (χ4n) is 3.63. The first-order chi connectivity index (χ1) is 14.8. The van der Waals surface area contributed by atoms with Crippen LogP contribution in [0.15, 0.2) is 53.8 Å². The molecule has 3 N–H and O–H groups in total. The lowest BCUT2D eigenvalue weighted by atomic mass is 9.64. The third-order valence-corrected chi connectivity index (χ3v) is 5.56. The van der Waals surface area contributed by atoms with E-state index >= 15 is 0 Å². The van der Waals surface area contributed by atoms with E-state index in [1.165, 1.54) is 18.3 Å². The van der Waals surface area contributed by atoms with Gasteiger partial charge in [-0.2, -0.15) is 13.2 Å². The van der Waals surface area contributed by atoms with Gasteiger partial charge in [0.15, 0.2) is 5.96 Å². The summed E-state index contributed by atoms with van der Waals surface area (Å²) in [7, 11) is 1.63. The molecule has 2 aromatic rings. The molecule has 0 bridgehead atoms. The van der Waals surface area contributed by atoms with E-state index in [0.29, 0.717) is 36.7 Å². The van der Waals surface area contributed by atoms with Crippen molar-refractivity contribution in [3.63, 3.8) is 0 Å². The molecule has 0 aliphatic heterocycles. The van der Waals surface area contributed by atoms with Crippen molar-refractivity contribution in [2.75, 3.05) is 26.7 Å². The number of aromatic nitrogens is 1. The Hall–Kier alpha value is -3.10. The standard InChI is InChI=1S/C22H26F3N5O/c1-26-20(29-12-11-28-19(31)16-5-3-10-27-14-16)30-15-21(8-4-9-21)17-6-2-7-18(13-17)22(23,24)25/h2-3,5-7,10,13-14H,4,8-9,11-12,15H2,1H3,(H,28,31)(H2,26,29,30). The largest absolute Gasteiger partial charge is 0.416 e. The number of amides is 1. The molecule has 9 heteroatoms. The van der Waals surface area contributed by atoms with Gasteiger partial charge in [0.05, 0.1) is 11.1 Å². The van der Waals surface area contributed by atoms with Crippen molar-refractivity contribution < 1.29 is 18.0 Å². The molecule has 1 saturated carbocycles. The van der Waals surface area contributed by atoms with Gasteiger partial charge in [-0.15, -0.1) is 0 Å². The molecule has 0 saturated heterocycles. The highest BCUT2D eigenvalue weighted by Gasteiger charge is 2.40. The van der Waals surface area contributed by atoms with Crippen LogP contribution in [0, 0.1) is 0 Å². The Morgan fingerprint density at radius 3 is 2.52 bits per heavy atom.